The summed E-state index contributed by atoms with van der Waals surface area (Å²) in [5.41, 5.74) is 3.00. The molecule has 1 aliphatic heterocycles. The van der Waals surface area contributed by atoms with E-state index in [9.17, 15) is 9.59 Å². The van der Waals surface area contributed by atoms with E-state index in [4.69, 9.17) is 19.2 Å². The van der Waals surface area contributed by atoms with Crippen LogP contribution in [0.3, 0.4) is 0 Å². The van der Waals surface area contributed by atoms with Gasteiger partial charge in [-0.05, 0) is 98.3 Å². The Balaban J connectivity index is 1.64. The Morgan fingerprint density at radius 1 is 1.12 bits per heavy atom. The zero-order valence-corrected chi connectivity index (χ0v) is 28.7. The second kappa shape index (κ2) is 13.6. The van der Waals surface area contributed by atoms with E-state index in [1.165, 1.54) is 11.3 Å². The summed E-state index contributed by atoms with van der Waals surface area (Å²) < 4.78 is 21.8. The second-order valence-corrected chi connectivity index (χ2v) is 13.3. The van der Waals surface area contributed by atoms with Crippen molar-refractivity contribution in [2.24, 2.45) is 4.99 Å². The van der Waals surface area contributed by atoms with Crippen LogP contribution < -0.4 is 24.4 Å². The molecule has 0 spiro atoms. The number of fused-ring (bicyclic) bond motifs is 1. The van der Waals surface area contributed by atoms with Gasteiger partial charge >= 0.3 is 5.97 Å². The Bertz CT molecular complexity index is 1880. The van der Waals surface area contributed by atoms with Crippen molar-refractivity contribution in [2.45, 2.75) is 46.4 Å². The van der Waals surface area contributed by atoms with Crippen LogP contribution in [0.15, 0.2) is 92.3 Å². The van der Waals surface area contributed by atoms with Gasteiger partial charge in [-0.2, -0.15) is 0 Å². The van der Waals surface area contributed by atoms with Gasteiger partial charge in [-0.15, -0.1) is 0 Å². The molecule has 43 heavy (non-hydrogen) atoms. The minimum atomic E-state index is -0.772. The summed E-state index contributed by atoms with van der Waals surface area (Å²) >= 11 is 7.10. The summed E-state index contributed by atoms with van der Waals surface area (Å²) in [7, 11) is 0. The molecule has 0 radical (unpaired) electrons. The Labute approximate surface area is 275 Å². The maximum absolute atomic E-state index is 14.2. The smallest absolute Gasteiger partial charge is 0.338 e. The highest BCUT2D eigenvalue weighted by molar-refractivity contribution is 14.1. The number of benzene rings is 3. The molecule has 3 aromatic carbocycles. The second-order valence-electron chi connectivity index (χ2n) is 10.1. The van der Waals surface area contributed by atoms with Crippen LogP contribution >= 0.6 is 49.9 Å². The number of halogens is 2. The standard InChI is InChI=1S/C33H30BrIN2O5S/c1-5-40-32(39)29-20(4)36-33-37(30(29)25-8-6-7-9-27(25)42-19(2)3)31(38)28(43-33)17-22-16-23(34)12-15-26(22)41-18-21-10-13-24(35)14-11-21/h6-17,19,30H,5,18H2,1-4H3/b28-17+/t30-/m0/s1. The van der Waals surface area contributed by atoms with E-state index < -0.39 is 12.0 Å². The first-order valence-electron chi connectivity index (χ1n) is 13.8. The zero-order valence-electron chi connectivity index (χ0n) is 24.1. The van der Waals surface area contributed by atoms with Crippen molar-refractivity contribution in [3.8, 4) is 11.5 Å². The van der Waals surface area contributed by atoms with Crippen LogP contribution in [-0.2, 0) is 16.1 Å². The quantitative estimate of drug-likeness (QED) is 0.143. The largest absolute Gasteiger partial charge is 0.491 e. The maximum atomic E-state index is 14.2. The zero-order chi connectivity index (χ0) is 30.7. The molecule has 0 saturated carbocycles. The van der Waals surface area contributed by atoms with Crippen molar-refractivity contribution in [1.82, 2.24) is 4.57 Å². The van der Waals surface area contributed by atoms with E-state index in [0.29, 0.717) is 44.3 Å². The number of nitrogens with zero attached hydrogens (tertiary/aromatic N) is 2. The summed E-state index contributed by atoms with van der Waals surface area (Å²) in [5.74, 6) is 0.718. The van der Waals surface area contributed by atoms with Crippen LogP contribution in [0.25, 0.3) is 6.08 Å². The molecule has 0 fully saturated rings. The third-order valence-electron chi connectivity index (χ3n) is 6.66. The number of thiazole rings is 1. The molecule has 7 nitrogen and oxygen atoms in total. The molecule has 0 N–H and O–H groups in total. The molecule has 1 aliphatic rings. The van der Waals surface area contributed by atoms with Gasteiger partial charge in [0, 0.05) is 19.2 Å². The molecule has 1 aromatic heterocycles. The highest BCUT2D eigenvalue weighted by Crippen LogP contribution is 2.36. The van der Waals surface area contributed by atoms with Crippen LogP contribution in [0.4, 0.5) is 0 Å². The van der Waals surface area contributed by atoms with Gasteiger partial charge in [0.15, 0.2) is 4.80 Å². The van der Waals surface area contributed by atoms with Gasteiger partial charge in [-0.3, -0.25) is 9.36 Å². The highest BCUT2D eigenvalue weighted by Gasteiger charge is 2.35. The number of aromatic nitrogens is 1. The number of allylic oxidation sites excluding steroid dienone is 1. The SMILES string of the molecule is CCOC(=O)C1=C(C)N=c2s/c(=C/c3cc(Br)ccc3OCc3ccc(I)cc3)c(=O)n2[C@H]1c1ccccc1OC(C)C. The lowest BCUT2D eigenvalue weighted by Crippen LogP contribution is -2.40. The molecule has 0 amide bonds. The van der Waals surface area contributed by atoms with E-state index >= 15 is 0 Å². The van der Waals surface area contributed by atoms with Crippen LogP contribution in [-0.4, -0.2) is 23.2 Å². The minimum absolute atomic E-state index is 0.109. The van der Waals surface area contributed by atoms with E-state index in [2.05, 4.69) is 38.5 Å². The predicted molar refractivity (Wildman–Crippen MR) is 180 cm³/mol. The van der Waals surface area contributed by atoms with Crippen LogP contribution in [0.2, 0.25) is 0 Å². The fraction of sp³-hybridized carbons (Fsp3) is 0.242. The highest BCUT2D eigenvalue weighted by atomic mass is 127. The Morgan fingerprint density at radius 2 is 1.86 bits per heavy atom. The molecule has 5 rings (SSSR count). The maximum Gasteiger partial charge on any atom is 0.338 e. The molecular formula is C33H30BrIN2O5S. The molecular weight excluding hydrogens is 743 g/mol. The van der Waals surface area contributed by atoms with Crippen molar-refractivity contribution in [3.05, 3.63) is 122 Å². The first kappa shape index (κ1) is 31.2. The predicted octanol–water partition coefficient (Wildman–Crippen LogP) is 6.53. The van der Waals surface area contributed by atoms with Gasteiger partial charge in [0.25, 0.3) is 5.56 Å². The van der Waals surface area contributed by atoms with Gasteiger partial charge < -0.3 is 14.2 Å². The number of hydrogen-bond donors (Lipinski definition) is 0. The third-order valence-corrected chi connectivity index (χ3v) is 8.85. The van der Waals surface area contributed by atoms with Gasteiger partial charge in [-0.25, -0.2) is 9.79 Å². The fourth-order valence-electron chi connectivity index (χ4n) is 4.80. The molecule has 1 atom stereocenters. The van der Waals surface area contributed by atoms with Gasteiger partial charge in [0.1, 0.15) is 24.1 Å². The van der Waals surface area contributed by atoms with Crippen LogP contribution in [0, 0.1) is 3.57 Å². The van der Waals surface area contributed by atoms with Crippen molar-refractivity contribution in [1.29, 1.82) is 0 Å². The Hall–Kier alpha value is -3.22. The van der Waals surface area contributed by atoms with Crippen molar-refractivity contribution < 1.29 is 19.0 Å². The summed E-state index contributed by atoms with van der Waals surface area (Å²) in [6.07, 6.45) is 1.71. The number of carbonyl (C=O) groups is 1. The monoisotopic (exact) mass is 772 g/mol. The minimum Gasteiger partial charge on any atom is -0.491 e. The Kier molecular flexibility index (Phi) is 9.88. The Morgan fingerprint density at radius 3 is 2.58 bits per heavy atom. The number of ether oxygens (including phenoxy) is 3. The van der Waals surface area contributed by atoms with Crippen molar-refractivity contribution in [3.63, 3.8) is 0 Å². The van der Waals surface area contributed by atoms with Crippen LogP contribution in [0.5, 0.6) is 11.5 Å². The van der Waals surface area contributed by atoms with E-state index in [-0.39, 0.29) is 18.3 Å². The average Bonchev–Trinajstić information content (AvgIpc) is 3.27. The third kappa shape index (κ3) is 6.97. The van der Waals surface area contributed by atoms with Gasteiger partial charge in [0.05, 0.1) is 28.5 Å². The summed E-state index contributed by atoms with van der Waals surface area (Å²) in [6.45, 7) is 7.98. The van der Waals surface area contributed by atoms with Crippen LogP contribution in [0.1, 0.15) is 50.4 Å². The molecule has 0 saturated heterocycles. The summed E-state index contributed by atoms with van der Waals surface area (Å²) in [4.78, 5) is 32.7. The first-order chi connectivity index (χ1) is 20.7. The normalized spacial score (nSPS) is 14.9. The topological polar surface area (TPSA) is 79.1 Å². The molecule has 10 heteroatoms. The van der Waals surface area contributed by atoms with Crippen molar-refractivity contribution in [2.75, 3.05) is 6.61 Å². The van der Waals surface area contributed by atoms with E-state index in [0.717, 1.165) is 19.2 Å². The number of rotatable bonds is 9. The number of hydrogen-bond acceptors (Lipinski definition) is 7. The molecule has 2 heterocycles. The molecule has 222 valence electrons. The first-order valence-corrected chi connectivity index (χ1v) is 16.5. The van der Waals surface area contributed by atoms with Gasteiger partial charge in [0.2, 0.25) is 0 Å². The van der Waals surface area contributed by atoms with Crippen molar-refractivity contribution >= 4 is 61.9 Å². The molecule has 0 unspecified atom stereocenters. The average molecular weight is 773 g/mol. The summed E-state index contributed by atoms with van der Waals surface area (Å²) in [6, 6.07) is 20.5. The van der Waals surface area contributed by atoms with E-state index in [1.807, 2.05) is 86.7 Å². The molecule has 0 aliphatic carbocycles. The number of carbonyl (C=O) groups excluding carboxylic acids is 1. The number of para-hydroxylation sites is 1. The lowest BCUT2D eigenvalue weighted by molar-refractivity contribution is -0.139. The van der Waals surface area contributed by atoms with Gasteiger partial charge in [-0.1, -0.05) is 57.6 Å². The van der Waals surface area contributed by atoms with E-state index in [1.54, 1.807) is 18.4 Å². The summed E-state index contributed by atoms with van der Waals surface area (Å²) in [5, 5.41) is 0. The number of esters is 1. The fourth-order valence-corrected chi connectivity index (χ4v) is 6.58. The lowest BCUT2D eigenvalue weighted by atomic mass is 9.95. The lowest BCUT2D eigenvalue weighted by Gasteiger charge is -2.26. The molecule has 4 aromatic rings. The molecule has 0 bridgehead atoms.